The summed E-state index contributed by atoms with van der Waals surface area (Å²) < 4.78 is 0. The van der Waals surface area contributed by atoms with E-state index in [9.17, 15) is 0 Å². The Morgan fingerprint density at radius 3 is 2.93 bits per heavy atom. The SMILES string of the molecule is CN(CCN)c1nc2ccccc2[nH]1. The average molecular weight is 190 g/mol. The van der Waals surface area contributed by atoms with Crippen molar-refractivity contribution in [2.24, 2.45) is 5.73 Å². The van der Waals surface area contributed by atoms with Crippen LogP contribution in [0.5, 0.6) is 0 Å². The summed E-state index contributed by atoms with van der Waals surface area (Å²) in [5.41, 5.74) is 7.53. The Kier molecular flexibility index (Phi) is 2.37. The number of likely N-dealkylation sites (N-methyl/N-ethyl adjacent to an activating group) is 1. The molecule has 0 unspecified atom stereocenters. The van der Waals surface area contributed by atoms with Crippen molar-refractivity contribution in [3.05, 3.63) is 24.3 Å². The second-order valence-electron chi connectivity index (χ2n) is 3.29. The molecule has 0 fully saturated rings. The summed E-state index contributed by atoms with van der Waals surface area (Å²) in [5.74, 6) is 0.872. The number of H-pyrrole nitrogens is 1. The molecule has 0 aliphatic rings. The van der Waals surface area contributed by atoms with Crippen molar-refractivity contribution in [2.75, 3.05) is 25.0 Å². The Bertz CT molecular complexity index is 388. The van der Waals surface area contributed by atoms with Crippen molar-refractivity contribution < 1.29 is 0 Å². The van der Waals surface area contributed by atoms with Crippen LogP contribution < -0.4 is 10.6 Å². The second-order valence-corrected chi connectivity index (χ2v) is 3.29. The molecule has 0 amide bonds. The largest absolute Gasteiger partial charge is 0.344 e. The van der Waals surface area contributed by atoms with E-state index in [1.54, 1.807) is 0 Å². The molecule has 2 rings (SSSR count). The Balaban J connectivity index is 2.35. The molecular weight excluding hydrogens is 176 g/mol. The Morgan fingerprint density at radius 2 is 2.21 bits per heavy atom. The third-order valence-corrected chi connectivity index (χ3v) is 2.20. The number of hydrogen-bond donors (Lipinski definition) is 2. The summed E-state index contributed by atoms with van der Waals surface area (Å²) in [5, 5.41) is 0. The number of aromatic amines is 1. The van der Waals surface area contributed by atoms with Crippen molar-refractivity contribution in [3.63, 3.8) is 0 Å². The van der Waals surface area contributed by atoms with Crippen LogP contribution in [0.15, 0.2) is 24.3 Å². The van der Waals surface area contributed by atoms with E-state index in [-0.39, 0.29) is 0 Å². The van der Waals surface area contributed by atoms with Crippen LogP contribution in [0, 0.1) is 0 Å². The lowest BCUT2D eigenvalue weighted by molar-refractivity contribution is 0.859. The molecule has 1 aromatic heterocycles. The molecule has 1 heterocycles. The maximum absolute atomic E-state index is 5.48. The number of nitrogens with one attached hydrogen (secondary N) is 1. The summed E-state index contributed by atoms with van der Waals surface area (Å²) in [7, 11) is 1.98. The zero-order chi connectivity index (χ0) is 9.97. The van der Waals surface area contributed by atoms with Crippen molar-refractivity contribution in [3.8, 4) is 0 Å². The minimum Gasteiger partial charge on any atom is -0.344 e. The molecule has 74 valence electrons. The van der Waals surface area contributed by atoms with Crippen molar-refractivity contribution in [1.82, 2.24) is 9.97 Å². The van der Waals surface area contributed by atoms with Crippen LogP contribution in [0.25, 0.3) is 11.0 Å². The number of hydrogen-bond acceptors (Lipinski definition) is 3. The van der Waals surface area contributed by atoms with Crippen LogP contribution in [0.1, 0.15) is 0 Å². The molecule has 0 radical (unpaired) electrons. The number of nitrogens with two attached hydrogens (primary N) is 1. The van der Waals surface area contributed by atoms with Crippen LogP contribution in [0.4, 0.5) is 5.95 Å². The predicted octanol–water partition coefficient (Wildman–Crippen LogP) is 0.958. The maximum atomic E-state index is 5.48. The van der Waals surface area contributed by atoms with E-state index < -0.39 is 0 Å². The highest BCUT2D eigenvalue weighted by atomic mass is 15.2. The normalized spacial score (nSPS) is 10.7. The Hall–Kier alpha value is -1.55. The van der Waals surface area contributed by atoms with Crippen LogP contribution >= 0.6 is 0 Å². The summed E-state index contributed by atoms with van der Waals surface area (Å²) >= 11 is 0. The number of anilines is 1. The summed E-state index contributed by atoms with van der Waals surface area (Å²) in [4.78, 5) is 9.70. The zero-order valence-electron chi connectivity index (χ0n) is 8.20. The standard InChI is InChI=1S/C10H14N4/c1-14(7-6-11)10-12-8-4-2-3-5-9(8)13-10/h2-5H,6-7,11H2,1H3,(H,12,13). The molecule has 4 nitrogen and oxygen atoms in total. The number of benzene rings is 1. The number of aromatic nitrogens is 2. The first-order valence-electron chi connectivity index (χ1n) is 4.67. The zero-order valence-corrected chi connectivity index (χ0v) is 8.20. The molecule has 14 heavy (non-hydrogen) atoms. The lowest BCUT2D eigenvalue weighted by atomic mass is 10.3. The fourth-order valence-corrected chi connectivity index (χ4v) is 1.42. The lowest BCUT2D eigenvalue weighted by Crippen LogP contribution is -2.25. The Labute approximate surface area is 82.7 Å². The quantitative estimate of drug-likeness (QED) is 0.757. The number of nitrogens with zero attached hydrogens (tertiary/aromatic N) is 2. The van der Waals surface area contributed by atoms with E-state index in [0.717, 1.165) is 23.5 Å². The van der Waals surface area contributed by atoms with Crippen molar-refractivity contribution in [1.29, 1.82) is 0 Å². The smallest absolute Gasteiger partial charge is 0.203 e. The van der Waals surface area contributed by atoms with Gasteiger partial charge in [-0.1, -0.05) is 12.1 Å². The highest BCUT2D eigenvalue weighted by Crippen LogP contribution is 2.15. The van der Waals surface area contributed by atoms with Crippen LogP contribution in [0.2, 0.25) is 0 Å². The average Bonchev–Trinajstić information content (AvgIpc) is 2.61. The van der Waals surface area contributed by atoms with Gasteiger partial charge in [-0.05, 0) is 12.1 Å². The number of rotatable bonds is 3. The monoisotopic (exact) mass is 190 g/mol. The van der Waals surface area contributed by atoms with Gasteiger partial charge in [-0.15, -0.1) is 0 Å². The molecule has 2 aromatic rings. The van der Waals surface area contributed by atoms with Gasteiger partial charge >= 0.3 is 0 Å². The van der Waals surface area contributed by atoms with E-state index in [4.69, 9.17) is 5.73 Å². The summed E-state index contributed by atoms with van der Waals surface area (Å²) in [6, 6.07) is 7.98. The van der Waals surface area contributed by atoms with E-state index in [1.807, 2.05) is 36.2 Å². The van der Waals surface area contributed by atoms with Gasteiger partial charge < -0.3 is 15.6 Å². The van der Waals surface area contributed by atoms with Crippen LogP contribution in [-0.4, -0.2) is 30.1 Å². The Morgan fingerprint density at radius 1 is 1.43 bits per heavy atom. The minimum atomic E-state index is 0.632. The number of fused-ring (bicyclic) bond motifs is 1. The van der Waals surface area contributed by atoms with Gasteiger partial charge in [-0.2, -0.15) is 0 Å². The molecule has 0 spiro atoms. The minimum absolute atomic E-state index is 0.632. The molecule has 0 saturated heterocycles. The highest BCUT2D eigenvalue weighted by molar-refractivity contribution is 5.77. The fraction of sp³-hybridized carbons (Fsp3) is 0.300. The van der Waals surface area contributed by atoms with Gasteiger partial charge in [0.2, 0.25) is 5.95 Å². The lowest BCUT2D eigenvalue weighted by Gasteiger charge is -2.13. The van der Waals surface area contributed by atoms with Crippen LogP contribution in [0.3, 0.4) is 0 Å². The number of imidazole rings is 1. The van der Waals surface area contributed by atoms with Gasteiger partial charge in [-0.3, -0.25) is 0 Å². The van der Waals surface area contributed by atoms with Gasteiger partial charge in [0.25, 0.3) is 0 Å². The van der Waals surface area contributed by atoms with E-state index in [1.165, 1.54) is 0 Å². The molecule has 0 saturated carbocycles. The second kappa shape index (κ2) is 3.67. The molecule has 1 aromatic carbocycles. The summed E-state index contributed by atoms with van der Waals surface area (Å²) in [6.45, 7) is 1.44. The third kappa shape index (κ3) is 1.56. The first-order valence-corrected chi connectivity index (χ1v) is 4.67. The summed E-state index contributed by atoms with van der Waals surface area (Å²) in [6.07, 6.45) is 0. The molecule has 0 aliphatic heterocycles. The fourth-order valence-electron chi connectivity index (χ4n) is 1.42. The van der Waals surface area contributed by atoms with Gasteiger partial charge in [0.15, 0.2) is 0 Å². The van der Waals surface area contributed by atoms with Gasteiger partial charge in [-0.25, -0.2) is 4.98 Å². The topological polar surface area (TPSA) is 57.9 Å². The van der Waals surface area contributed by atoms with Crippen molar-refractivity contribution in [2.45, 2.75) is 0 Å². The predicted molar refractivity (Wildman–Crippen MR) is 58.4 cm³/mol. The third-order valence-electron chi connectivity index (χ3n) is 2.20. The first kappa shape index (κ1) is 9.02. The van der Waals surface area contributed by atoms with Gasteiger partial charge in [0.1, 0.15) is 0 Å². The number of para-hydroxylation sites is 2. The van der Waals surface area contributed by atoms with Crippen molar-refractivity contribution >= 4 is 17.0 Å². The molecule has 0 aliphatic carbocycles. The molecule has 0 bridgehead atoms. The van der Waals surface area contributed by atoms with E-state index in [2.05, 4.69) is 9.97 Å². The molecule has 4 heteroatoms. The highest BCUT2D eigenvalue weighted by Gasteiger charge is 2.05. The first-order chi connectivity index (χ1) is 6.81. The maximum Gasteiger partial charge on any atom is 0.203 e. The molecule has 3 N–H and O–H groups in total. The van der Waals surface area contributed by atoms with E-state index >= 15 is 0 Å². The van der Waals surface area contributed by atoms with Crippen LogP contribution in [-0.2, 0) is 0 Å². The van der Waals surface area contributed by atoms with Gasteiger partial charge in [0, 0.05) is 20.1 Å². The van der Waals surface area contributed by atoms with Gasteiger partial charge in [0.05, 0.1) is 11.0 Å². The van der Waals surface area contributed by atoms with E-state index in [0.29, 0.717) is 6.54 Å². The molecular formula is C10H14N4. The molecule has 0 atom stereocenters.